The summed E-state index contributed by atoms with van der Waals surface area (Å²) in [5.41, 5.74) is 1.94. The van der Waals surface area contributed by atoms with Crippen molar-refractivity contribution in [3.05, 3.63) is 46.7 Å². The van der Waals surface area contributed by atoms with Gasteiger partial charge in [-0.2, -0.15) is 0 Å². The molecule has 1 aromatic heterocycles. The molecule has 4 rings (SSSR count). The number of likely N-dealkylation sites (tertiary alicyclic amines) is 1. The lowest BCUT2D eigenvalue weighted by atomic mass is 10.1. The lowest BCUT2D eigenvalue weighted by Gasteiger charge is -2.32. The van der Waals surface area contributed by atoms with E-state index in [1.807, 2.05) is 35.2 Å². The van der Waals surface area contributed by atoms with E-state index in [9.17, 15) is 4.79 Å². The standard InChI is InChI=1S/C20H23BrN4O2/c21-16-5-3-15(4-6-16)19-22-8-7-17(23-19)14-25-9-1-2-18(25)20(26)24-10-12-27-13-11-24/h3-8,18H,1-2,9-14H2. The molecule has 2 aliphatic heterocycles. The Labute approximate surface area is 167 Å². The molecule has 0 N–H and O–H groups in total. The minimum absolute atomic E-state index is 0.0470. The Morgan fingerprint density at radius 1 is 1.15 bits per heavy atom. The summed E-state index contributed by atoms with van der Waals surface area (Å²) in [7, 11) is 0. The molecule has 27 heavy (non-hydrogen) atoms. The number of morpholine rings is 1. The van der Waals surface area contributed by atoms with E-state index in [0.717, 1.165) is 40.9 Å². The van der Waals surface area contributed by atoms with Crippen LogP contribution in [-0.2, 0) is 16.1 Å². The third-order valence-electron chi connectivity index (χ3n) is 5.15. The van der Waals surface area contributed by atoms with Crippen LogP contribution in [0.2, 0.25) is 0 Å². The number of carbonyl (C=O) groups is 1. The van der Waals surface area contributed by atoms with Crippen LogP contribution in [0.3, 0.4) is 0 Å². The molecule has 0 spiro atoms. The van der Waals surface area contributed by atoms with Crippen LogP contribution in [0.25, 0.3) is 11.4 Å². The fourth-order valence-corrected chi connectivity index (χ4v) is 3.98. The summed E-state index contributed by atoms with van der Waals surface area (Å²) >= 11 is 3.45. The number of aromatic nitrogens is 2. The molecule has 6 nitrogen and oxygen atoms in total. The fraction of sp³-hybridized carbons (Fsp3) is 0.450. The van der Waals surface area contributed by atoms with Crippen LogP contribution in [0.15, 0.2) is 41.0 Å². The van der Waals surface area contributed by atoms with Crippen LogP contribution in [0.1, 0.15) is 18.5 Å². The second kappa shape index (κ2) is 8.46. The molecule has 2 fully saturated rings. The molecular weight excluding hydrogens is 408 g/mol. The van der Waals surface area contributed by atoms with Crippen molar-refractivity contribution < 1.29 is 9.53 Å². The Morgan fingerprint density at radius 3 is 2.70 bits per heavy atom. The number of halogens is 1. The van der Waals surface area contributed by atoms with E-state index >= 15 is 0 Å². The van der Waals surface area contributed by atoms with Gasteiger partial charge in [0.2, 0.25) is 5.91 Å². The topological polar surface area (TPSA) is 58.6 Å². The third-order valence-corrected chi connectivity index (χ3v) is 5.68. The van der Waals surface area contributed by atoms with Gasteiger partial charge in [-0.1, -0.05) is 28.1 Å². The van der Waals surface area contributed by atoms with E-state index < -0.39 is 0 Å². The summed E-state index contributed by atoms with van der Waals surface area (Å²) < 4.78 is 6.40. The maximum Gasteiger partial charge on any atom is 0.240 e. The van der Waals surface area contributed by atoms with Gasteiger partial charge in [-0.05, 0) is 37.6 Å². The summed E-state index contributed by atoms with van der Waals surface area (Å²) in [5.74, 6) is 0.952. The molecule has 0 aliphatic carbocycles. The molecule has 1 atom stereocenters. The van der Waals surface area contributed by atoms with Crippen LogP contribution in [-0.4, -0.2) is 64.6 Å². The first-order valence-electron chi connectivity index (χ1n) is 9.39. The molecule has 0 radical (unpaired) electrons. The Hall–Kier alpha value is -1.83. The number of hydrogen-bond donors (Lipinski definition) is 0. The van der Waals surface area contributed by atoms with Crippen molar-refractivity contribution >= 4 is 21.8 Å². The highest BCUT2D eigenvalue weighted by Gasteiger charge is 2.34. The number of nitrogens with zero attached hydrogens (tertiary/aromatic N) is 4. The molecule has 7 heteroatoms. The number of carbonyl (C=O) groups excluding carboxylic acids is 1. The second-order valence-corrected chi connectivity index (χ2v) is 7.86. The Kier molecular flexibility index (Phi) is 5.80. The van der Waals surface area contributed by atoms with Crippen molar-refractivity contribution in [1.29, 1.82) is 0 Å². The lowest BCUT2D eigenvalue weighted by molar-refractivity contribution is -0.140. The first kappa shape index (κ1) is 18.5. The molecule has 2 saturated heterocycles. The highest BCUT2D eigenvalue weighted by atomic mass is 79.9. The average Bonchev–Trinajstić information content (AvgIpc) is 3.17. The van der Waals surface area contributed by atoms with Gasteiger partial charge >= 0.3 is 0 Å². The lowest BCUT2D eigenvalue weighted by Crippen LogP contribution is -2.49. The summed E-state index contributed by atoms with van der Waals surface area (Å²) in [6, 6.07) is 9.88. The van der Waals surface area contributed by atoms with Crippen molar-refractivity contribution in [2.45, 2.75) is 25.4 Å². The van der Waals surface area contributed by atoms with Gasteiger partial charge in [-0.15, -0.1) is 0 Å². The highest BCUT2D eigenvalue weighted by Crippen LogP contribution is 2.23. The number of amides is 1. The van der Waals surface area contributed by atoms with Crippen LogP contribution in [0, 0.1) is 0 Å². The van der Waals surface area contributed by atoms with Crippen molar-refractivity contribution in [2.75, 3.05) is 32.8 Å². The Balaban J connectivity index is 1.47. The van der Waals surface area contributed by atoms with Crippen LogP contribution in [0.4, 0.5) is 0 Å². The van der Waals surface area contributed by atoms with Crippen LogP contribution < -0.4 is 0 Å². The maximum atomic E-state index is 12.9. The van der Waals surface area contributed by atoms with Crippen molar-refractivity contribution in [3.8, 4) is 11.4 Å². The number of hydrogen-bond acceptors (Lipinski definition) is 5. The summed E-state index contributed by atoms with van der Waals surface area (Å²) in [6.07, 6.45) is 3.76. The fourth-order valence-electron chi connectivity index (χ4n) is 3.72. The first-order chi connectivity index (χ1) is 13.2. The quantitative estimate of drug-likeness (QED) is 0.745. The number of ether oxygens (including phenoxy) is 1. The smallest absolute Gasteiger partial charge is 0.240 e. The molecule has 3 heterocycles. The summed E-state index contributed by atoms with van der Waals surface area (Å²) in [6.45, 7) is 4.28. The molecule has 2 aromatic rings. The normalized spacial score (nSPS) is 20.8. The van der Waals surface area contributed by atoms with Gasteiger partial charge in [-0.25, -0.2) is 9.97 Å². The second-order valence-electron chi connectivity index (χ2n) is 6.94. The van der Waals surface area contributed by atoms with Gasteiger partial charge in [0.05, 0.1) is 24.9 Å². The molecule has 1 aromatic carbocycles. The number of benzene rings is 1. The zero-order chi connectivity index (χ0) is 18.6. The van der Waals surface area contributed by atoms with E-state index in [4.69, 9.17) is 9.72 Å². The predicted octanol–water partition coefficient (Wildman–Crippen LogP) is 2.73. The molecule has 0 saturated carbocycles. The third kappa shape index (κ3) is 4.36. The summed E-state index contributed by atoms with van der Waals surface area (Å²) in [5, 5.41) is 0. The Morgan fingerprint density at radius 2 is 1.93 bits per heavy atom. The van der Waals surface area contributed by atoms with Crippen molar-refractivity contribution in [3.63, 3.8) is 0 Å². The Bertz CT molecular complexity index is 793. The molecule has 142 valence electrons. The molecule has 1 amide bonds. The van der Waals surface area contributed by atoms with E-state index in [-0.39, 0.29) is 11.9 Å². The van der Waals surface area contributed by atoms with Gasteiger partial charge in [0.1, 0.15) is 0 Å². The first-order valence-corrected chi connectivity index (χ1v) is 10.2. The maximum absolute atomic E-state index is 12.9. The average molecular weight is 431 g/mol. The molecule has 0 bridgehead atoms. The summed E-state index contributed by atoms with van der Waals surface area (Å²) in [4.78, 5) is 26.2. The SMILES string of the molecule is O=C(C1CCCN1Cc1ccnc(-c2ccc(Br)cc2)n1)N1CCOCC1. The minimum atomic E-state index is -0.0470. The van der Waals surface area contributed by atoms with E-state index in [1.54, 1.807) is 6.20 Å². The molecule has 2 aliphatic rings. The van der Waals surface area contributed by atoms with Gasteiger partial charge in [-0.3, -0.25) is 9.69 Å². The van der Waals surface area contributed by atoms with Gasteiger partial charge in [0, 0.05) is 35.9 Å². The minimum Gasteiger partial charge on any atom is -0.378 e. The van der Waals surface area contributed by atoms with E-state index in [0.29, 0.717) is 32.8 Å². The van der Waals surface area contributed by atoms with Crippen LogP contribution in [0.5, 0.6) is 0 Å². The van der Waals surface area contributed by atoms with Gasteiger partial charge < -0.3 is 9.64 Å². The predicted molar refractivity (Wildman–Crippen MR) is 106 cm³/mol. The largest absolute Gasteiger partial charge is 0.378 e. The monoisotopic (exact) mass is 430 g/mol. The van der Waals surface area contributed by atoms with Crippen molar-refractivity contribution in [1.82, 2.24) is 19.8 Å². The van der Waals surface area contributed by atoms with Crippen LogP contribution >= 0.6 is 15.9 Å². The molecule has 1 unspecified atom stereocenters. The van der Waals surface area contributed by atoms with E-state index in [2.05, 4.69) is 25.8 Å². The van der Waals surface area contributed by atoms with Gasteiger partial charge in [0.15, 0.2) is 5.82 Å². The van der Waals surface area contributed by atoms with E-state index in [1.165, 1.54) is 0 Å². The van der Waals surface area contributed by atoms with Crippen molar-refractivity contribution in [2.24, 2.45) is 0 Å². The van der Waals surface area contributed by atoms with Gasteiger partial charge in [0.25, 0.3) is 0 Å². The zero-order valence-electron chi connectivity index (χ0n) is 15.2. The molecular formula is C20H23BrN4O2. The zero-order valence-corrected chi connectivity index (χ0v) is 16.8. The number of rotatable bonds is 4. The highest BCUT2D eigenvalue weighted by molar-refractivity contribution is 9.10.